The van der Waals surface area contributed by atoms with Gasteiger partial charge in [-0.05, 0) is 42.0 Å². The maximum absolute atomic E-state index is 12.6. The molecule has 3 aromatic rings. The Morgan fingerprint density at radius 2 is 1.70 bits per heavy atom. The molecule has 2 aromatic heterocycles. The summed E-state index contributed by atoms with van der Waals surface area (Å²) in [7, 11) is 0. The molecule has 0 unspecified atom stereocenters. The van der Waals surface area contributed by atoms with Crippen molar-refractivity contribution in [2.24, 2.45) is 0 Å². The maximum Gasteiger partial charge on any atom is 0.416 e. The Morgan fingerprint density at radius 1 is 1.00 bits per heavy atom. The van der Waals surface area contributed by atoms with Crippen molar-refractivity contribution in [1.82, 2.24) is 20.3 Å². The Hall–Kier alpha value is -3.49. The van der Waals surface area contributed by atoms with E-state index >= 15 is 0 Å². The maximum atomic E-state index is 12.6. The first-order chi connectivity index (χ1) is 12.9. The number of benzene rings is 1. The lowest BCUT2D eigenvalue weighted by Crippen LogP contribution is -2.24. The van der Waals surface area contributed by atoms with Crippen molar-refractivity contribution in [3.8, 4) is 0 Å². The monoisotopic (exact) mass is 373 g/mol. The van der Waals surface area contributed by atoms with Crippen molar-refractivity contribution in [3.05, 3.63) is 78.0 Å². The lowest BCUT2D eigenvalue weighted by atomic mass is 10.2. The number of aromatic nitrogens is 3. The highest BCUT2D eigenvalue weighted by Gasteiger charge is 2.29. The van der Waals surface area contributed by atoms with Gasteiger partial charge in [0.25, 0.3) is 5.91 Å². The van der Waals surface area contributed by atoms with Gasteiger partial charge in [0.1, 0.15) is 17.8 Å². The number of nitrogens with one attached hydrogen (secondary N) is 2. The molecule has 138 valence electrons. The Morgan fingerprint density at radius 3 is 2.37 bits per heavy atom. The number of nitrogens with zero attached hydrogens (tertiary/aromatic N) is 3. The van der Waals surface area contributed by atoms with Gasteiger partial charge in [-0.15, -0.1) is 0 Å². The summed E-state index contributed by atoms with van der Waals surface area (Å²) in [6.07, 6.45) is 0.0534. The Kier molecular flexibility index (Phi) is 5.30. The number of alkyl halides is 3. The fourth-order valence-electron chi connectivity index (χ4n) is 2.21. The molecule has 2 heterocycles. The zero-order valence-corrected chi connectivity index (χ0v) is 13.9. The summed E-state index contributed by atoms with van der Waals surface area (Å²) < 4.78 is 37.8. The molecule has 6 nitrogen and oxygen atoms in total. The molecule has 0 spiro atoms. The molecule has 0 aliphatic rings. The molecule has 9 heteroatoms. The minimum absolute atomic E-state index is 0.133. The van der Waals surface area contributed by atoms with Gasteiger partial charge < -0.3 is 10.6 Å². The van der Waals surface area contributed by atoms with Crippen molar-refractivity contribution in [1.29, 1.82) is 0 Å². The van der Waals surface area contributed by atoms with Gasteiger partial charge in [-0.25, -0.2) is 9.97 Å². The summed E-state index contributed by atoms with van der Waals surface area (Å²) in [5.74, 6) is -0.108. The van der Waals surface area contributed by atoms with E-state index in [1.165, 1.54) is 24.5 Å². The minimum atomic E-state index is -4.40. The first kappa shape index (κ1) is 18.3. The molecular weight excluding hydrogens is 359 g/mol. The molecule has 0 bridgehead atoms. The zero-order chi connectivity index (χ0) is 19.3. The summed E-state index contributed by atoms with van der Waals surface area (Å²) in [5.41, 5.74) is 0.681. The summed E-state index contributed by atoms with van der Waals surface area (Å²) in [5, 5.41) is 5.57. The van der Waals surface area contributed by atoms with Crippen molar-refractivity contribution in [2.75, 3.05) is 5.32 Å². The number of hydrogen-bond donors (Lipinski definition) is 2. The minimum Gasteiger partial charge on any atom is -0.347 e. The molecule has 0 radical (unpaired) electrons. The number of carbonyl (C=O) groups excluding carboxylic acids is 1. The Balaban J connectivity index is 1.65. The second-order valence-electron chi connectivity index (χ2n) is 5.53. The number of anilines is 2. The van der Waals surface area contributed by atoms with Crippen LogP contribution in [0.25, 0.3) is 0 Å². The van der Waals surface area contributed by atoms with Gasteiger partial charge >= 0.3 is 6.18 Å². The van der Waals surface area contributed by atoms with Crippen molar-refractivity contribution < 1.29 is 18.0 Å². The average molecular weight is 373 g/mol. The Labute approximate surface area is 152 Å². The van der Waals surface area contributed by atoms with Gasteiger partial charge in [-0.3, -0.25) is 9.78 Å². The highest BCUT2D eigenvalue weighted by atomic mass is 19.4. The first-order valence-electron chi connectivity index (χ1n) is 7.85. The second kappa shape index (κ2) is 7.81. The number of amides is 1. The molecule has 0 aliphatic carbocycles. The molecule has 27 heavy (non-hydrogen) atoms. The largest absolute Gasteiger partial charge is 0.416 e. The van der Waals surface area contributed by atoms with Crippen LogP contribution in [0.3, 0.4) is 0 Å². The summed E-state index contributed by atoms with van der Waals surface area (Å²) >= 11 is 0. The van der Waals surface area contributed by atoms with Crippen molar-refractivity contribution in [2.45, 2.75) is 12.7 Å². The van der Waals surface area contributed by atoms with E-state index in [1.54, 1.807) is 24.5 Å². The molecule has 0 atom stereocenters. The third kappa shape index (κ3) is 5.00. The molecule has 3 rings (SSSR count). The lowest BCUT2D eigenvalue weighted by molar-refractivity contribution is -0.137. The SMILES string of the molecule is O=C(NCc1ccncc1)c1cc(Nc2ccc(C(F)(F)F)cc2)ncn1. The van der Waals surface area contributed by atoms with Crippen LogP contribution in [-0.4, -0.2) is 20.9 Å². The molecule has 0 aliphatic heterocycles. The summed E-state index contributed by atoms with van der Waals surface area (Å²) in [6, 6.07) is 9.47. The van der Waals surface area contributed by atoms with Crippen LogP contribution in [0.5, 0.6) is 0 Å². The molecule has 0 saturated carbocycles. The predicted molar refractivity (Wildman–Crippen MR) is 92.2 cm³/mol. The van der Waals surface area contributed by atoms with Crippen LogP contribution in [0, 0.1) is 0 Å². The highest BCUT2D eigenvalue weighted by molar-refractivity contribution is 5.92. The lowest BCUT2D eigenvalue weighted by Gasteiger charge is -2.10. The molecule has 2 N–H and O–H groups in total. The van der Waals surface area contributed by atoms with Gasteiger partial charge in [-0.2, -0.15) is 13.2 Å². The van der Waals surface area contributed by atoms with Crippen LogP contribution in [0.2, 0.25) is 0 Å². The number of carbonyl (C=O) groups is 1. The normalized spacial score (nSPS) is 11.1. The number of hydrogen-bond acceptors (Lipinski definition) is 5. The van der Waals surface area contributed by atoms with Gasteiger partial charge in [0.2, 0.25) is 0 Å². The standard InChI is InChI=1S/C18H14F3N5O/c19-18(20,21)13-1-3-14(4-2-13)26-16-9-15(24-11-25-16)17(27)23-10-12-5-7-22-8-6-12/h1-9,11H,10H2,(H,23,27)(H,24,25,26). The van der Waals surface area contributed by atoms with E-state index in [2.05, 4.69) is 25.6 Å². The third-order valence-electron chi connectivity index (χ3n) is 3.59. The van der Waals surface area contributed by atoms with Gasteiger partial charge in [-0.1, -0.05) is 0 Å². The van der Waals surface area contributed by atoms with Crippen LogP contribution in [0.4, 0.5) is 24.7 Å². The van der Waals surface area contributed by atoms with Crippen LogP contribution in [0.1, 0.15) is 21.6 Å². The molecule has 1 aromatic carbocycles. The number of pyridine rings is 1. The fourth-order valence-corrected chi connectivity index (χ4v) is 2.21. The predicted octanol–water partition coefficient (Wildman–Crippen LogP) is 3.56. The molecule has 0 saturated heterocycles. The third-order valence-corrected chi connectivity index (χ3v) is 3.59. The van der Waals surface area contributed by atoms with Crippen LogP contribution < -0.4 is 10.6 Å². The van der Waals surface area contributed by atoms with E-state index in [4.69, 9.17) is 0 Å². The van der Waals surface area contributed by atoms with E-state index in [1.807, 2.05) is 0 Å². The van der Waals surface area contributed by atoms with Gasteiger partial charge in [0.15, 0.2) is 0 Å². The van der Waals surface area contributed by atoms with E-state index in [0.29, 0.717) is 18.1 Å². The Bertz CT molecular complexity index is 914. The average Bonchev–Trinajstić information content (AvgIpc) is 2.67. The quantitative estimate of drug-likeness (QED) is 0.715. The van der Waals surface area contributed by atoms with Crippen molar-refractivity contribution >= 4 is 17.4 Å². The molecule has 0 fully saturated rings. The first-order valence-corrected chi connectivity index (χ1v) is 7.85. The van der Waals surface area contributed by atoms with E-state index in [0.717, 1.165) is 17.7 Å². The van der Waals surface area contributed by atoms with Crippen LogP contribution in [0.15, 0.2) is 61.2 Å². The van der Waals surface area contributed by atoms with Gasteiger partial charge in [0, 0.05) is 30.7 Å². The van der Waals surface area contributed by atoms with E-state index in [-0.39, 0.29) is 5.69 Å². The number of halogens is 3. The van der Waals surface area contributed by atoms with E-state index < -0.39 is 17.6 Å². The summed E-state index contributed by atoms with van der Waals surface area (Å²) in [4.78, 5) is 24.0. The fraction of sp³-hybridized carbons (Fsp3) is 0.111. The van der Waals surface area contributed by atoms with Crippen LogP contribution in [-0.2, 0) is 12.7 Å². The highest BCUT2D eigenvalue weighted by Crippen LogP contribution is 2.30. The smallest absolute Gasteiger partial charge is 0.347 e. The molecule has 1 amide bonds. The van der Waals surface area contributed by atoms with Crippen molar-refractivity contribution in [3.63, 3.8) is 0 Å². The zero-order valence-electron chi connectivity index (χ0n) is 13.9. The molecular formula is C18H14F3N5O. The number of rotatable bonds is 5. The van der Waals surface area contributed by atoms with Crippen LogP contribution >= 0.6 is 0 Å². The summed E-state index contributed by atoms with van der Waals surface area (Å²) in [6.45, 7) is 0.313. The topological polar surface area (TPSA) is 79.8 Å². The van der Waals surface area contributed by atoms with E-state index in [9.17, 15) is 18.0 Å². The second-order valence-corrected chi connectivity index (χ2v) is 5.53. The van der Waals surface area contributed by atoms with Gasteiger partial charge in [0.05, 0.1) is 5.56 Å².